The van der Waals surface area contributed by atoms with Crippen molar-refractivity contribution in [3.8, 4) is 5.75 Å². The number of piperazine rings is 1. The minimum Gasteiger partial charge on any atom is -0.491 e. The van der Waals surface area contributed by atoms with Gasteiger partial charge in [0.25, 0.3) is 0 Å². The van der Waals surface area contributed by atoms with Gasteiger partial charge in [-0.3, -0.25) is 4.90 Å². The highest BCUT2D eigenvalue weighted by Crippen LogP contribution is 2.44. The summed E-state index contributed by atoms with van der Waals surface area (Å²) in [6, 6.07) is 2.94. The molecule has 140 valence electrons. The van der Waals surface area contributed by atoms with Crippen molar-refractivity contribution in [3.63, 3.8) is 0 Å². The molecule has 3 nitrogen and oxygen atoms in total. The van der Waals surface area contributed by atoms with E-state index < -0.39 is 11.7 Å². The van der Waals surface area contributed by atoms with Crippen molar-refractivity contribution in [2.24, 2.45) is 0 Å². The molecule has 1 atom stereocenters. The van der Waals surface area contributed by atoms with E-state index in [0.29, 0.717) is 24.4 Å². The lowest BCUT2D eigenvalue weighted by molar-refractivity contribution is -0.138. The molecule has 1 saturated heterocycles. The van der Waals surface area contributed by atoms with Gasteiger partial charge in [0.05, 0.1) is 11.7 Å². The van der Waals surface area contributed by atoms with Crippen LogP contribution >= 0.6 is 37.2 Å². The third-order valence-corrected chi connectivity index (χ3v) is 4.01. The average molecular weight is 410 g/mol. The highest BCUT2D eigenvalue weighted by Gasteiger charge is 2.41. The zero-order chi connectivity index (χ0) is 15.2. The van der Waals surface area contributed by atoms with Crippen molar-refractivity contribution in [2.45, 2.75) is 38.7 Å². The first-order chi connectivity index (χ1) is 9.86. The van der Waals surface area contributed by atoms with Gasteiger partial charge in [-0.05, 0) is 37.1 Å². The van der Waals surface area contributed by atoms with Gasteiger partial charge in [-0.2, -0.15) is 13.2 Å². The zero-order valence-electron chi connectivity index (χ0n) is 13.4. The molecule has 2 aliphatic heterocycles. The van der Waals surface area contributed by atoms with Gasteiger partial charge in [0.2, 0.25) is 0 Å². The van der Waals surface area contributed by atoms with Crippen molar-refractivity contribution in [1.29, 1.82) is 0 Å². The maximum Gasteiger partial charge on any atom is 0.416 e. The molecule has 24 heavy (non-hydrogen) atoms. The molecule has 0 unspecified atom stereocenters. The molecule has 0 saturated carbocycles. The van der Waals surface area contributed by atoms with E-state index in [1.165, 1.54) is 0 Å². The highest BCUT2D eigenvalue weighted by atomic mass is 35.5. The quantitative estimate of drug-likeness (QED) is 0.791. The number of ether oxygens (including phenoxy) is 1. The Morgan fingerprint density at radius 1 is 1.21 bits per heavy atom. The van der Waals surface area contributed by atoms with Gasteiger partial charge < -0.3 is 10.1 Å². The Bertz CT molecular complexity index is 556. The Morgan fingerprint density at radius 3 is 2.46 bits per heavy atom. The fourth-order valence-electron chi connectivity index (χ4n) is 3.18. The van der Waals surface area contributed by atoms with Crippen LogP contribution in [0, 0.1) is 0 Å². The smallest absolute Gasteiger partial charge is 0.416 e. The monoisotopic (exact) mass is 408 g/mol. The molecule has 0 amide bonds. The molecule has 1 aromatic carbocycles. The van der Waals surface area contributed by atoms with Crippen LogP contribution in [0.4, 0.5) is 13.2 Å². The van der Waals surface area contributed by atoms with Crippen LogP contribution < -0.4 is 10.1 Å². The molecule has 2 aliphatic rings. The molecule has 1 fully saturated rings. The van der Waals surface area contributed by atoms with E-state index in [-0.39, 0.29) is 49.4 Å². The minimum absolute atomic E-state index is 0. The summed E-state index contributed by atoms with van der Waals surface area (Å²) in [5.41, 5.74) is 0.616. The molecule has 0 spiro atoms. The second-order valence-corrected chi connectivity index (χ2v) is 5.89. The molecular formula is C15H22Cl3F3N2O. The molecule has 1 N–H and O–H groups in total. The fourth-order valence-corrected chi connectivity index (χ4v) is 3.18. The second kappa shape index (κ2) is 8.81. The second-order valence-electron chi connectivity index (χ2n) is 5.89. The van der Waals surface area contributed by atoms with Gasteiger partial charge in [0, 0.05) is 32.2 Å². The SMILES string of the molecule is CC(C)Oc1cc2c(c(C(F)(F)F)c1)CN1CCNC[C@@H]21.Cl.Cl.Cl. The van der Waals surface area contributed by atoms with Crippen molar-refractivity contribution in [3.05, 3.63) is 28.8 Å². The van der Waals surface area contributed by atoms with E-state index in [0.717, 1.165) is 24.7 Å². The summed E-state index contributed by atoms with van der Waals surface area (Å²) >= 11 is 0. The van der Waals surface area contributed by atoms with E-state index in [2.05, 4.69) is 10.2 Å². The zero-order valence-corrected chi connectivity index (χ0v) is 15.8. The molecule has 2 heterocycles. The van der Waals surface area contributed by atoms with Crippen LogP contribution in [0.15, 0.2) is 12.1 Å². The summed E-state index contributed by atoms with van der Waals surface area (Å²) in [6.45, 7) is 6.29. The van der Waals surface area contributed by atoms with Crippen LogP contribution in [-0.2, 0) is 12.7 Å². The summed E-state index contributed by atoms with van der Waals surface area (Å²) in [4.78, 5) is 2.11. The van der Waals surface area contributed by atoms with Gasteiger partial charge in [-0.25, -0.2) is 0 Å². The molecule has 0 bridgehead atoms. The summed E-state index contributed by atoms with van der Waals surface area (Å²) < 4.78 is 45.6. The maximum absolute atomic E-state index is 13.3. The summed E-state index contributed by atoms with van der Waals surface area (Å²) in [5.74, 6) is 0.309. The number of nitrogens with one attached hydrogen (secondary N) is 1. The predicted molar refractivity (Wildman–Crippen MR) is 95.0 cm³/mol. The van der Waals surface area contributed by atoms with Crippen molar-refractivity contribution < 1.29 is 17.9 Å². The topological polar surface area (TPSA) is 24.5 Å². The Morgan fingerprint density at radius 2 is 1.88 bits per heavy atom. The first-order valence-electron chi connectivity index (χ1n) is 7.21. The van der Waals surface area contributed by atoms with Gasteiger partial charge in [0.15, 0.2) is 0 Å². The van der Waals surface area contributed by atoms with E-state index in [1.807, 2.05) is 13.8 Å². The standard InChI is InChI=1S/C15H19F3N2O.3ClH/c1-9(2)21-10-5-11-12(13(6-10)15(16,17)18)8-20-4-3-19-7-14(11)20;;;/h5-6,9,14,19H,3-4,7-8H2,1-2H3;3*1H/t14-;;;/m0.../s1. The Labute approximate surface area is 158 Å². The lowest BCUT2D eigenvalue weighted by Crippen LogP contribution is -2.42. The van der Waals surface area contributed by atoms with E-state index in [4.69, 9.17) is 4.74 Å². The van der Waals surface area contributed by atoms with Gasteiger partial charge in [-0.1, -0.05) is 0 Å². The molecule has 0 aliphatic carbocycles. The van der Waals surface area contributed by atoms with Crippen LogP contribution in [0.2, 0.25) is 0 Å². The Hall–Kier alpha value is -0.400. The molecule has 9 heteroatoms. The Kier molecular flexibility index (Phi) is 8.66. The van der Waals surface area contributed by atoms with Gasteiger partial charge in [0.1, 0.15) is 5.75 Å². The average Bonchev–Trinajstić information content (AvgIpc) is 2.74. The highest BCUT2D eigenvalue weighted by molar-refractivity contribution is 5.86. The van der Waals surface area contributed by atoms with Crippen molar-refractivity contribution in [2.75, 3.05) is 19.6 Å². The van der Waals surface area contributed by atoms with Crippen LogP contribution in [0.5, 0.6) is 5.75 Å². The van der Waals surface area contributed by atoms with Crippen molar-refractivity contribution >= 4 is 37.2 Å². The van der Waals surface area contributed by atoms with E-state index in [1.54, 1.807) is 6.07 Å². The summed E-state index contributed by atoms with van der Waals surface area (Å²) in [7, 11) is 0. The first-order valence-corrected chi connectivity index (χ1v) is 7.21. The number of halogens is 6. The largest absolute Gasteiger partial charge is 0.491 e. The number of alkyl halides is 3. The number of hydrogen-bond donors (Lipinski definition) is 1. The molecule has 1 aromatic rings. The minimum atomic E-state index is -4.34. The molecule has 0 radical (unpaired) electrons. The predicted octanol–water partition coefficient (Wildman–Crippen LogP) is 4.22. The number of hydrogen-bond acceptors (Lipinski definition) is 3. The van der Waals surface area contributed by atoms with Gasteiger partial charge >= 0.3 is 6.18 Å². The third-order valence-electron chi connectivity index (χ3n) is 4.01. The van der Waals surface area contributed by atoms with Crippen LogP contribution in [0.25, 0.3) is 0 Å². The maximum atomic E-state index is 13.3. The van der Waals surface area contributed by atoms with Crippen LogP contribution in [0.1, 0.15) is 36.6 Å². The van der Waals surface area contributed by atoms with Crippen LogP contribution in [-0.4, -0.2) is 30.6 Å². The number of benzene rings is 1. The number of rotatable bonds is 2. The van der Waals surface area contributed by atoms with Crippen LogP contribution in [0.3, 0.4) is 0 Å². The first kappa shape index (κ1) is 23.6. The molecule has 0 aromatic heterocycles. The number of nitrogens with zero attached hydrogens (tertiary/aromatic N) is 1. The molecular weight excluding hydrogens is 388 g/mol. The summed E-state index contributed by atoms with van der Waals surface area (Å²) in [6.07, 6.45) is -4.49. The summed E-state index contributed by atoms with van der Waals surface area (Å²) in [5, 5.41) is 3.25. The van der Waals surface area contributed by atoms with E-state index in [9.17, 15) is 13.2 Å². The number of fused-ring (bicyclic) bond motifs is 3. The Balaban J connectivity index is 0.00000176. The van der Waals surface area contributed by atoms with Crippen molar-refractivity contribution in [1.82, 2.24) is 10.2 Å². The lowest BCUT2D eigenvalue weighted by atomic mass is 9.98. The third kappa shape index (κ3) is 4.61. The lowest BCUT2D eigenvalue weighted by Gasteiger charge is -2.30. The molecule has 3 rings (SSSR count). The fraction of sp³-hybridized carbons (Fsp3) is 0.600. The van der Waals surface area contributed by atoms with Gasteiger partial charge in [-0.15, -0.1) is 37.2 Å². The van der Waals surface area contributed by atoms with E-state index >= 15 is 0 Å². The normalized spacial score (nSPS) is 19.5.